The summed E-state index contributed by atoms with van der Waals surface area (Å²) in [7, 11) is 0. The van der Waals surface area contributed by atoms with E-state index in [1.54, 1.807) is 11.8 Å². The van der Waals surface area contributed by atoms with E-state index in [0.29, 0.717) is 25.1 Å². The molecule has 3 aliphatic rings. The molecule has 2 aliphatic heterocycles. The number of esters is 1. The predicted molar refractivity (Wildman–Crippen MR) is 84.2 cm³/mol. The molecule has 0 radical (unpaired) electrons. The van der Waals surface area contributed by atoms with Gasteiger partial charge in [0, 0.05) is 12.2 Å². The summed E-state index contributed by atoms with van der Waals surface area (Å²) in [5, 5.41) is 10.7. The van der Waals surface area contributed by atoms with E-state index in [1.807, 2.05) is 25.2 Å². The van der Waals surface area contributed by atoms with E-state index in [1.165, 1.54) is 4.90 Å². The fourth-order valence-corrected chi connectivity index (χ4v) is 3.91. The molecular formula is C17H24N2O4. The number of hydrogen-bond donors (Lipinski definition) is 1. The Balaban J connectivity index is 1.98. The van der Waals surface area contributed by atoms with Crippen molar-refractivity contribution in [1.82, 2.24) is 9.80 Å². The summed E-state index contributed by atoms with van der Waals surface area (Å²) in [4.78, 5) is 28.5. The van der Waals surface area contributed by atoms with Crippen molar-refractivity contribution in [2.24, 2.45) is 5.41 Å². The van der Waals surface area contributed by atoms with Crippen molar-refractivity contribution in [2.45, 2.75) is 51.8 Å². The number of allylic oxidation sites excluding steroid dienone is 2. The standard InChI is InChI=1S/C17H24N2O4/c1-3-17(15(21)23-4-2)10-6-5-9-13(17)19-14(20)12-8-7-11-18(12)16(19)22/h6,9-10,12,14,20H,3-5,7-8,11H2,1-2H3/t12-,14?,17-/m0/s1. The minimum atomic E-state index is -0.995. The van der Waals surface area contributed by atoms with Crippen molar-refractivity contribution >= 4 is 12.0 Å². The molecule has 2 fully saturated rings. The highest BCUT2D eigenvalue weighted by Gasteiger charge is 2.54. The van der Waals surface area contributed by atoms with Crippen molar-refractivity contribution < 1.29 is 19.4 Å². The van der Waals surface area contributed by atoms with Gasteiger partial charge in [0.1, 0.15) is 5.41 Å². The van der Waals surface area contributed by atoms with Gasteiger partial charge in [-0.1, -0.05) is 25.2 Å². The second-order valence-electron chi connectivity index (χ2n) is 6.24. The summed E-state index contributed by atoms with van der Waals surface area (Å²) < 4.78 is 5.27. The molecule has 3 atom stereocenters. The van der Waals surface area contributed by atoms with Crippen LogP contribution in [0.15, 0.2) is 23.9 Å². The molecule has 0 aromatic rings. The van der Waals surface area contributed by atoms with Crippen molar-refractivity contribution in [3.8, 4) is 0 Å². The molecule has 23 heavy (non-hydrogen) atoms. The first-order valence-electron chi connectivity index (χ1n) is 8.40. The first-order chi connectivity index (χ1) is 11.1. The summed E-state index contributed by atoms with van der Waals surface area (Å²) in [5.74, 6) is -0.364. The number of aliphatic hydroxyl groups excluding tert-OH is 1. The minimum absolute atomic E-state index is 0.175. The zero-order valence-electron chi connectivity index (χ0n) is 13.7. The molecule has 1 N–H and O–H groups in total. The number of amides is 2. The Kier molecular flexibility index (Phi) is 4.19. The minimum Gasteiger partial charge on any atom is -0.465 e. The summed E-state index contributed by atoms with van der Waals surface area (Å²) in [5.41, 5.74) is -0.433. The SMILES string of the molecule is CCOC(=O)[C@@]1(CC)C=CCC=C1N1C(=O)N2CCC[C@H]2C1O. The van der Waals surface area contributed by atoms with E-state index in [0.717, 1.165) is 12.8 Å². The maximum Gasteiger partial charge on any atom is 0.326 e. The fourth-order valence-electron chi connectivity index (χ4n) is 3.91. The quantitative estimate of drug-likeness (QED) is 0.635. The smallest absolute Gasteiger partial charge is 0.326 e. The van der Waals surface area contributed by atoms with Crippen molar-refractivity contribution in [3.05, 3.63) is 23.9 Å². The number of aliphatic hydroxyl groups is 1. The zero-order valence-corrected chi connectivity index (χ0v) is 13.7. The maximum absolute atomic E-state index is 12.8. The van der Waals surface area contributed by atoms with Crippen LogP contribution in [-0.4, -0.2) is 52.3 Å². The maximum atomic E-state index is 12.8. The molecular weight excluding hydrogens is 296 g/mol. The van der Waals surface area contributed by atoms with E-state index in [-0.39, 0.29) is 24.6 Å². The van der Waals surface area contributed by atoms with Gasteiger partial charge >= 0.3 is 12.0 Å². The van der Waals surface area contributed by atoms with Crippen LogP contribution < -0.4 is 0 Å². The van der Waals surface area contributed by atoms with Crippen LogP contribution in [0.4, 0.5) is 4.79 Å². The fraction of sp³-hybridized carbons (Fsp3) is 0.647. The molecule has 1 aliphatic carbocycles. The second-order valence-corrected chi connectivity index (χ2v) is 6.24. The van der Waals surface area contributed by atoms with E-state index in [4.69, 9.17) is 4.74 Å². The van der Waals surface area contributed by atoms with Crippen LogP contribution >= 0.6 is 0 Å². The predicted octanol–water partition coefficient (Wildman–Crippen LogP) is 2.01. The largest absolute Gasteiger partial charge is 0.465 e. The summed E-state index contributed by atoms with van der Waals surface area (Å²) in [6.45, 7) is 4.61. The first-order valence-corrected chi connectivity index (χ1v) is 8.40. The molecule has 3 rings (SSSR count). The lowest BCUT2D eigenvalue weighted by atomic mass is 9.77. The second kappa shape index (κ2) is 6.00. The Morgan fingerprint density at radius 2 is 2.26 bits per heavy atom. The third kappa shape index (κ3) is 2.27. The Morgan fingerprint density at radius 3 is 2.91 bits per heavy atom. The number of nitrogens with zero attached hydrogens (tertiary/aromatic N) is 2. The number of fused-ring (bicyclic) bond motifs is 1. The third-order valence-electron chi connectivity index (χ3n) is 5.12. The molecule has 0 bridgehead atoms. The highest BCUT2D eigenvalue weighted by Crippen LogP contribution is 2.44. The molecule has 0 saturated carbocycles. The van der Waals surface area contributed by atoms with Gasteiger partial charge in [0.05, 0.1) is 12.6 Å². The molecule has 0 spiro atoms. The number of ether oxygens (including phenoxy) is 1. The summed E-state index contributed by atoms with van der Waals surface area (Å²) in [6, 6.07) is -0.380. The molecule has 2 amide bonds. The van der Waals surface area contributed by atoms with Gasteiger partial charge in [-0.2, -0.15) is 0 Å². The van der Waals surface area contributed by atoms with Gasteiger partial charge < -0.3 is 14.7 Å². The van der Waals surface area contributed by atoms with Crippen LogP contribution in [0.1, 0.15) is 39.5 Å². The van der Waals surface area contributed by atoms with Crippen molar-refractivity contribution in [1.29, 1.82) is 0 Å². The van der Waals surface area contributed by atoms with Crippen LogP contribution in [-0.2, 0) is 9.53 Å². The van der Waals surface area contributed by atoms with Gasteiger partial charge in [0.15, 0.2) is 6.23 Å². The van der Waals surface area contributed by atoms with E-state index < -0.39 is 11.6 Å². The Morgan fingerprint density at radius 1 is 1.48 bits per heavy atom. The normalized spacial score (nSPS) is 33.0. The van der Waals surface area contributed by atoms with Crippen LogP contribution in [0.25, 0.3) is 0 Å². The van der Waals surface area contributed by atoms with Crippen LogP contribution in [0.3, 0.4) is 0 Å². The lowest BCUT2D eigenvalue weighted by Gasteiger charge is -2.37. The van der Waals surface area contributed by atoms with Gasteiger partial charge in [-0.05, 0) is 32.6 Å². The molecule has 6 heteroatoms. The monoisotopic (exact) mass is 320 g/mol. The molecule has 0 aromatic carbocycles. The van der Waals surface area contributed by atoms with Gasteiger partial charge in [0.2, 0.25) is 0 Å². The van der Waals surface area contributed by atoms with Gasteiger partial charge in [0.25, 0.3) is 0 Å². The number of hydrogen-bond acceptors (Lipinski definition) is 4. The van der Waals surface area contributed by atoms with Crippen LogP contribution in [0, 0.1) is 5.41 Å². The Bertz CT molecular complexity index is 571. The summed E-state index contributed by atoms with van der Waals surface area (Å²) >= 11 is 0. The summed E-state index contributed by atoms with van der Waals surface area (Å²) in [6.07, 6.45) is 7.53. The lowest BCUT2D eigenvalue weighted by molar-refractivity contribution is -0.151. The van der Waals surface area contributed by atoms with Crippen LogP contribution in [0.5, 0.6) is 0 Å². The van der Waals surface area contributed by atoms with Crippen molar-refractivity contribution in [3.63, 3.8) is 0 Å². The average Bonchev–Trinajstić information content (AvgIpc) is 3.12. The zero-order chi connectivity index (χ0) is 16.6. The molecule has 126 valence electrons. The topological polar surface area (TPSA) is 70.1 Å². The molecule has 2 heterocycles. The third-order valence-corrected chi connectivity index (χ3v) is 5.12. The molecule has 2 saturated heterocycles. The highest BCUT2D eigenvalue weighted by molar-refractivity contribution is 5.87. The van der Waals surface area contributed by atoms with E-state index in [9.17, 15) is 14.7 Å². The molecule has 0 aromatic heterocycles. The van der Waals surface area contributed by atoms with Crippen LogP contribution in [0.2, 0.25) is 0 Å². The molecule has 6 nitrogen and oxygen atoms in total. The van der Waals surface area contributed by atoms with E-state index in [2.05, 4.69) is 0 Å². The lowest BCUT2D eigenvalue weighted by Crippen LogP contribution is -2.46. The highest BCUT2D eigenvalue weighted by atomic mass is 16.5. The van der Waals surface area contributed by atoms with Crippen molar-refractivity contribution in [2.75, 3.05) is 13.2 Å². The van der Waals surface area contributed by atoms with E-state index >= 15 is 0 Å². The Hall–Kier alpha value is -1.82. The Labute approximate surface area is 136 Å². The number of rotatable bonds is 4. The molecule has 1 unspecified atom stereocenters. The van der Waals surface area contributed by atoms with Gasteiger partial charge in [-0.15, -0.1) is 0 Å². The average molecular weight is 320 g/mol. The number of urea groups is 1. The number of carbonyl (C=O) groups excluding carboxylic acids is 2. The van der Waals surface area contributed by atoms with Gasteiger partial charge in [-0.3, -0.25) is 9.69 Å². The first kappa shape index (κ1) is 16.1. The number of carbonyl (C=O) groups is 2. The van der Waals surface area contributed by atoms with Gasteiger partial charge in [-0.25, -0.2) is 4.79 Å².